The maximum atomic E-state index is 12.1. The molecule has 15 heavy (non-hydrogen) atoms. The largest absolute Gasteiger partial charge is 0.433 e. The van der Waals surface area contributed by atoms with Crippen LogP contribution >= 0.6 is 0 Å². The number of rotatable bonds is 1. The summed E-state index contributed by atoms with van der Waals surface area (Å²) in [6.45, 7) is -0.0684. The van der Waals surface area contributed by atoms with Crippen LogP contribution in [0.25, 0.3) is 0 Å². The van der Waals surface area contributed by atoms with Crippen LogP contribution in [0.15, 0.2) is 18.3 Å². The van der Waals surface area contributed by atoms with Crippen molar-refractivity contribution >= 4 is 0 Å². The first kappa shape index (κ1) is 11.5. The van der Waals surface area contributed by atoms with Crippen molar-refractivity contribution < 1.29 is 18.3 Å². The molecule has 5 heteroatoms. The third-order valence-electron chi connectivity index (χ3n) is 1.52. The smallest absolute Gasteiger partial charge is 0.395 e. The fourth-order valence-corrected chi connectivity index (χ4v) is 0.856. The lowest BCUT2D eigenvalue weighted by molar-refractivity contribution is -0.141. The Balaban J connectivity index is 2.79. The number of aliphatic hydroxyl groups excluding tert-OH is 1. The lowest BCUT2D eigenvalue weighted by Gasteiger charge is -2.03. The van der Waals surface area contributed by atoms with Crippen LogP contribution in [0.1, 0.15) is 17.7 Å². The number of aliphatic hydroxyl groups is 1. The zero-order chi connectivity index (χ0) is 11.3. The van der Waals surface area contributed by atoms with Gasteiger partial charge in [-0.2, -0.15) is 13.2 Å². The highest BCUT2D eigenvalue weighted by molar-refractivity contribution is 5.32. The Morgan fingerprint density at radius 1 is 1.33 bits per heavy atom. The molecule has 2 nitrogen and oxygen atoms in total. The lowest BCUT2D eigenvalue weighted by atomic mass is 10.2. The molecule has 80 valence electrons. The Morgan fingerprint density at radius 3 is 2.53 bits per heavy atom. The van der Waals surface area contributed by atoms with E-state index in [1.807, 2.05) is 0 Å². The predicted molar refractivity (Wildman–Crippen MR) is 47.8 cm³/mol. The van der Waals surface area contributed by atoms with Gasteiger partial charge in [0.25, 0.3) is 0 Å². The molecule has 0 radical (unpaired) electrons. The van der Waals surface area contributed by atoms with Gasteiger partial charge in [0.1, 0.15) is 5.69 Å². The van der Waals surface area contributed by atoms with E-state index in [1.165, 1.54) is 6.07 Å². The van der Waals surface area contributed by atoms with Crippen LogP contribution < -0.4 is 0 Å². The molecule has 0 aliphatic heterocycles. The quantitative estimate of drug-likeness (QED) is 0.725. The Morgan fingerprint density at radius 2 is 2.07 bits per heavy atom. The van der Waals surface area contributed by atoms with Crippen LogP contribution in [0.2, 0.25) is 0 Å². The Bertz CT molecular complexity index is 372. The molecule has 1 N–H and O–H groups in total. The van der Waals surface area contributed by atoms with Gasteiger partial charge in [-0.1, -0.05) is 11.8 Å². The second-order valence-electron chi connectivity index (χ2n) is 2.71. The monoisotopic (exact) mass is 215 g/mol. The van der Waals surface area contributed by atoms with Gasteiger partial charge < -0.3 is 5.11 Å². The van der Waals surface area contributed by atoms with Crippen LogP contribution in [0, 0.1) is 11.8 Å². The van der Waals surface area contributed by atoms with Crippen molar-refractivity contribution in [2.24, 2.45) is 0 Å². The van der Waals surface area contributed by atoms with Crippen LogP contribution in [0.3, 0.4) is 0 Å². The summed E-state index contributed by atoms with van der Waals surface area (Å²) in [5.41, 5.74) is -0.536. The molecular weight excluding hydrogens is 207 g/mol. The van der Waals surface area contributed by atoms with Gasteiger partial charge in [-0.05, 0) is 12.1 Å². The Kier molecular flexibility index (Phi) is 3.69. The van der Waals surface area contributed by atoms with Gasteiger partial charge >= 0.3 is 6.18 Å². The Hall–Kier alpha value is -1.54. The van der Waals surface area contributed by atoms with Crippen LogP contribution in [-0.2, 0) is 6.18 Å². The fourth-order valence-electron chi connectivity index (χ4n) is 0.856. The highest BCUT2D eigenvalue weighted by Crippen LogP contribution is 2.26. The number of aromatic nitrogens is 1. The molecule has 1 rings (SSSR count). The van der Waals surface area contributed by atoms with Crippen molar-refractivity contribution in [3.8, 4) is 11.8 Å². The summed E-state index contributed by atoms with van der Waals surface area (Å²) in [6, 6.07) is 2.13. The van der Waals surface area contributed by atoms with Crippen LogP contribution in [0.4, 0.5) is 13.2 Å². The van der Waals surface area contributed by atoms with Crippen molar-refractivity contribution in [2.45, 2.75) is 12.6 Å². The summed E-state index contributed by atoms with van der Waals surface area (Å²) in [5.74, 6) is 5.17. The van der Waals surface area contributed by atoms with E-state index < -0.39 is 11.9 Å². The fraction of sp³-hybridized carbons (Fsp3) is 0.300. The van der Waals surface area contributed by atoms with E-state index in [9.17, 15) is 13.2 Å². The number of alkyl halides is 3. The van der Waals surface area contributed by atoms with E-state index in [2.05, 4.69) is 16.8 Å². The SMILES string of the molecule is OCCC#Cc1ccc(C(F)(F)F)nc1. The minimum Gasteiger partial charge on any atom is -0.395 e. The first-order valence-corrected chi connectivity index (χ1v) is 4.17. The number of halogens is 3. The summed E-state index contributed by atoms with van der Waals surface area (Å²) in [5, 5.41) is 8.43. The van der Waals surface area contributed by atoms with Gasteiger partial charge in [0.05, 0.1) is 6.61 Å². The number of hydrogen-bond donors (Lipinski definition) is 1. The minimum absolute atomic E-state index is 0.0684. The maximum absolute atomic E-state index is 12.1. The molecule has 1 heterocycles. The molecule has 0 bridgehead atoms. The van der Waals surface area contributed by atoms with Gasteiger partial charge in [-0.3, -0.25) is 4.98 Å². The highest BCUT2D eigenvalue weighted by Gasteiger charge is 2.31. The average Bonchev–Trinajstić information content (AvgIpc) is 2.18. The molecule has 0 aromatic carbocycles. The third kappa shape index (κ3) is 3.60. The third-order valence-corrected chi connectivity index (χ3v) is 1.52. The minimum atomic E-state index is -4.42. The highest BCUT2D eigenvalue weighted by atomic mass is 19.4. The normalized spacial score (nSPS) is 10.7. The number of nitrogens with zero attached hydrogens (tertiary/aromatic N) is 1. The zero-order valence-corrected chi connectivity index (χ0v) is 7.67. The molecular formula is C10H8F3NO. The molecule has 0 saturated heterocycles. The first-order chi connectivity index (χ1) is 7.04. The molecule has 0 aliphatic carbocycles. The molecule has 1 aromatic heterocycles. The molecule has 0 amide bonds. The van der Waals surface area contributed by atoms with Crippen molar-refractivity contribution in [3.05, 3.63) is 29.6 Å². The predicted octanol–water partition coefficient (Wildman–Crippen LogP) is 1.83. The Labute approximate surface area is 84.8 Å². The van der Waals surface area contributed by atoms with E-state index in [4.69, 9.17) is 5.11 Å². The van der Waals surface area contributed by atoms with Gasteiger partial charge in [0.15, 0.2) is 0 Å². The van der Waals surface area contributed by atoms with Gasteiger partial charge in [-0.15, -0.1) is 0 Å². The molecule has 0 atom stereocenters. The molecule has 0 spiro atoms. The van der Waals surface area contributed by atoms with Crippen molar-refractivity contribution in [1.29, 1.82) is 0 Å². The molecule has 0 fully saturated rings. The van der Waals surface area contributed by atoms with E-state index in [1.54, 1.807) is 0 Å². The number of pyridine rings is 1. The maximum Gasteiger partial charge on any atom is 0.433 e. The molecule has 0 saturated carbocycles. The summed E-state index contributed by atoms with van der Waals surface area (Å²) in [7, 11) is 0. The van der Waals surface area contributed by atoms with E-state index in [0.29, 0.717) is 12.0 Å². The van der Waals surface area contributed by atoms with Gasteiger partial charge in [-0.25, -0.2) is 0 Å². The van der Waals surface area contributed by atoms with Crippen molar-refractivity contribution in [1.82, 2.24) is 4.98 Å². The molecule has 0 aliphatic rings. The first-order valence-electron chi connectivity index (χ1n) is 4.17. The van der Waals surface area contributed by atoms with Crippen molar-refractivity contribution in [3.63, 3.8) is 0 Å². The van der Waals surface area contributed by atoms with Crippen LogP contribution in [-0.4, -0.2) is 16.7 Å². The lowest BCUT2D eigenvalue weighted by Crippen LogP contribution is -2.07. The molecule has 1 aromatic rings. The average molecular weight is 215 g/mol. The van der Waals surface area contributed by atoms with Crippen LogP contribution in [0.5, 0.6) is 0 Å². The summed E-state index contributed by atoms with van der Waals surface area (Å²) < 4.78 is 36.3. The number of hydrogen-bond acceptors (Lipinski definition) is 2. The topological polar surface area (TPSA) is 33.1 Å². The summed E-state index contributed by atoms with van der Waals surface area (Å²) >= 11 is 0. The second kappa shape index (κ2) is 4.80. The second-order valence-corrected chi connectivity index (χ2v) is 2.71. The van der Waals surface area contributed by atoms with Crippen molar-refractivity contribution in [2.75, 3.05) is 6.61 Å². The summed E-state index contributed by atoms with van der Waals surface area (Å²) in [6.07, 6.45) is -3.06. The van der Waals surface area contributed by atoms with Gasteiger partial charge in [0.2, 0.25) is 0 Å². The standard InChI is InChI=1S/C10H8F3NO/c11-10(12,13)9-5-4-8(7-14-9)3-1-2-6-15/h4-5,7,15H,2,6H2. The zero-order valence-electron chi connectivity index (χ0n) is 7.67. The van der Waals surface area contributed by atoms with E-state index in [0.717, 1.165) is 12.3 Å². The van der Waals surface area contributed by atoms with E-state index >= 15 is 0 Å². The molecule has 0 unspecified atom stereocenters. The summed E-state index contributed by atoms with van der Waals surface area (Å²) in [4.78, 5) is 3.24. The van der Waals surface area contributed by atoms with E-state index in [-0.39, 0.29) is 6.61 Å². The van der Waals surface area contributed by atoms with Gasteiger partial charge in [0, 0.05) is 18.2 Å².